The summed E-state index contributed by atoms with van der Waals surface area (Å²) >= 11 is 0. The number of urea groups is 1. The molecular formula is C12H18N4O3S. The first-order chi connectivity index (χ1) is 9.45. The molecule has 2 rings (SSSR count). The van der Waals surface area contributed by atoms with Gasteiger partial charge in [0.2, 0.25) is 10.0 Å². The van der Waals surface area contributed by atoms with Crippen LogP contribution >= 0.6 is 0 Å². The summed E-state index contributed by atoms with van der Waals surface area (Å²) in [5, 5.41) is 5.56. The highest BCUT2D eigenvalue weighted by Gasteiger charge is 2.25. The van der Waals surface area contributed by atoms with Crippen molar-refractivity contribution >= 4 is 21.7 Å². The minimum atomic E-state index is -3.13. The van der Waals surface area contributed by atoms with E-state index in [0.29, 0.717) is 31.6 Å². The normalized spacial score (nSPS) is 17.6. The third-order valence-electron chi connectivity index (χ3n) is 3.20. The molecule has 1 aliphatic rings. The molecule has 2 heterocycles. The van der Waals surface area contributed by atoms with Crippen molar-refractivity contribution in [2.75, 3.05) is 24.7 Å². The number of rotatable bonds is 3. The Labute approximate surface area is 118 Å². The first-order valence-electron chi connectivity index (χ1n) is 6.38. The number of anilines is 1. The fraction of sp³-hybridized carbons (Fsp3) is 0.500. The molecule has 1 aromatic rings. The van der Waals surface area contributed by atoms with Crippen LogP contribution in [0.15, 0.2) is 24.5 Å². The maximum absolute atomic E-state index is 11.8. The molecule has 0 aliphatic carbocycles. The highest BCUT2D eigenvalue weighted by Crippen LogP contribution is 2.13. The fourth-order valence-electron chi connectivity index (χ4n) is 2.12. The highest BCUT2D eigenvalue weighted by atomic mass is 32.2. The summed E-state index contributed by atoms with van der Waals surface area (Å²) in [4.78, 5) is 15.7. The van der Waals surface area contributed by atoms with Crippen molar-refractivity contribution in [1.29, 1.82) is 0 Å². The molecule has 1 aliphatic heterocycles. The SMILES string of the molecule is CS(=O)(=O)N1CCC(NC(=O)Nc2ccncc2)CC1. The van der Waals surface area contributed by atoms with E-state index in [9.17, 15) is 13.2 Å². The number of nitrogens with one attached hydrogen (secondary N) is 2. The lowest BCUT2D eigenvalue weighted by atomic mass is 10.1. The molecule has 1 aromatic heterocycles. The summed E-state index contributed by atoms with van der Waals surface area (Å²) < 4.78 is 24.2. The predicted molar refractivity (Wildman–Crippen MR) is 75.8 cm³/mol. The Morgan fingerprint density at radius 3 is 2.45 bits per heavy atom. The van der Waals surface area contributed by atoms with E-state index in [1.54, 1.807) is 24.5 Å². The smallest absolute Gasteiger partial charge is 0.319 e. The molecule has 2 amide bonds. The molecule has 0 aromatic carbocycles. The fourth-order valence-corrected chi connectivity index (χ4v) is 2.99. The summed E-state index contributed by atoms with van der Waals surface area (Å²) in [6, 6.07) is 3.11. The molecule has 1 fully saturated rings. The van der Waals surface area contributed by atoms with Gasteiger partial charge in [0.25, 0.3) is 0 Å². The molecule has 0 spiro atoms. The first-order valence-corrected chi connectivity index (χ1v) is 8.22. The second-order valence-corrected chi connectivity index (χ2v) is 6.75. The molecular weight excluding hydrogens is 280 g/mol. The molecule has 0 unspecified atom stereocenters. The standard InChI is InChI=1S/C12H18N4O3S/c1-20(18,19)16-8-4-11(5-9-16)15-12(17)14-10-2-6-13-7-3-10/h2-3,6-7,11H,4-5,8-9H2,1H3,(H2,13,14,15,17). The molecule has 0 atom stereocenters. The van der Waals surface area contributed by atoms with Crippen molar-refractivity contribution < 1.29 is 13.2 Å². The molecule has 0 saturated carbocycles. The van der Waals surface area contributed by atoms with Gasteiger partial charge in [-0.2, -0.15) is 0 Å². The van der Waals surface area contributed by atoms with Crippen LogP contribution in [0.3, 0.4) is 0 Å². The summed E-state index contributed by atoms with van der Waals surface area (Å²) in [7, 11) is -3.13. The Kier molecular flexibility index (Phi) is 4.56. The molecule has 2 N–H and O–H groups in total. The van der Waals surface area contributed by atoms with Gasteiger partial charge in [0.15, 0.2) is 0 Å². The summed E-state index contributed by atoms with van der Waals surface area (Å²) in [5.74, 6) is 0. The zero-order chi connectivity index (χ0) is 14.6. The molecule has 7 nitrogen and oxygen atoms in total. The third kappa shape index (κ3) is 4.17. The zero-order valence-electron chi connectivity index (χ0n) is 11.2. The van der Waals surface area contributed by atoms with E-state index >= 15 is 0 Å². The van der Waals surface area contributed by atoms with Crippen LogP contribution in [0.4, 0.5) is 10.5 Å². The van der Waals surface area contributed by atoms with Crippen LogP contribution in [0.25, 0.3) is 0 Å². The number of carbonyl (C=O) groups excluding carboxylic acids is 1. The van der Waals surface area contributed by atoms with Gasteiger partial charge in [0, 0.05) is 37.2 Å². The number of hydrogen-bond acceptors (Lipinski definition) is 4. The van der Waals surface area contributed by atoms with E-state index in [1.807, 2.05) is 0 Å². The Morgan fingerprint density at radius 2 is 1.90 bits per heavy atom. The van der Waals surface area contributed by atoms with Gasteiger partial charge in [-0.3, -0.25) is 4.98 Å². The average Bonchev–Trinajstić information content (AvgIpc) is 2.39. The number of amides is 2. The van der Waals surface area contributed by atoms with Crippen molar-refractivity contribution in [3.05, 3.63) is 24.5 Å². The van der Waals surface area contributed by atoms with Gasteiger partial charge in [-0.15, -0.1) is 0 Å². The largest absolute Gasteiger partial charge is 0.335 e. The molecule has 8 heteroatoms. The number of piperidine rings is 1. The van der Waals surface area contributed by atoms with Gasteiger partial charge in [-0.25, -0.2) is 17.5 Å². The molecule has 0 radical (unpaired) electrons. The second kappa shape index (κ2) is 6.19. The van der Waals surface area contributed by atoms with E-state index in [2.05, 4.69) is 15.6 Å². The number of nitrogens with zero attached hydrogens (tertiary/aromatic N) is 2. The average molecular weight is 298 g/mol. The second-order valence-electron chi connectivity index (χ2n) is 4.77. The first kappa shape index (κ1) is 14.7. The van der Waals surface area contributed by atoms with Gasteiger partial charge in [-0.05, 0) is 25.0 Å². The van der Waals surface area contributed by atoms with Crippen LogP contribution in [0, 0.1) is 0 Å². The van der Waals surface area contributed by atoms with E-state index in [0.717, 1.165) is 0 Å². The summed E-state index contributed by atoms with van der Waals surface area (Å²) in [6.07, 6.45) is 5.64. The van der Waals surface area contributed by atoms with Crippen LogP contribution in [-0.4, -0.2) is 49.1 Å². The van der Waals surface area contributed by atoms with Crippen LogP contribution in [-0.2, 0) is 10.0 Å². The number of sulfonamides is 1. The Morgan fingerprint density at radius 1 is 1.30 bits per heavy atom. The van der Waals surface area contributed by atoms with Crippen LogP contribution in [0.5, 0.6) is 0 Å². The molecule has 1 saturated heterocycles. The van der Waals surface area contributed by atoms with Crippen molar-refractivity contribution in [2.24, 2.45) is 0 Å². The van der Waals surface area contributed by atoms with E-state index < -0.39 is 10.0 Å². The molecule has 0 bridgehead atoms. The lowest BCUT2D eigenvalue weighted by Gasteiger charge is -2.30. The van der Waals surface area contributed by atoms with Gasteiger partial charge >= 0.3 is 6.03 Å². The molecule has 110 valence electrons. The Bertz CT molecular complexity index is 553. The van der Waals surface area contributed by atoms with Crippen LogP contribution in [0.1, 0.15) is 12.8 Å². The topological polar surface area (TPSA) is 91.4 Å². The predicted octanol–water partition coefficient (Wildman–Crippen LogP) is 0.627. The maximum atomic E-state index is 11.8. The van der Waals surface area contributed by atoms with Gasteiger partial charge in [0.05, 0.1) is 6.26 Å². The minimum absolute atomic E-state index is 0.00478. The Hall–Kier alpha value is -1.67. The van der Waals surface area contributed by atoms with E-state index in [1.165, 1.54) is 10.6 Å². The van der Waals surface area contributed by atoms with Crippen molar-refractivity contribution in [2.45, 2.75) is 18.9 Å². The Balaban J connectivity index is 1.79. The van der Waals surface area contributed by atoms with Gasteiger partial charge < -0.3 is 10.6 Å². The summed E-state index contributed by atoms with van der Waals surface area (Å²) in [5.41, 5.74) is 0.672. The van der Waals surface area contributed by atoms with Crippen LogP contribution in [0.2, 0.25) is 0 Å². The quantitative estimate of drug-likeness (QED) is 0.856. The zero-order valence-corrected chi connectivity index (χ0v) is 12.1. The lowest BCUT2D eigenvalue weighted by molar-refractivity contribution is 0.238. The number of pyridine rings is 1. The summed E-state index contributed by atoms with van der Waals surface area (Å²) in [6.45, 7) is 0.887. The van der Waals surface area contributed by atoms with E-state index in [-0.39, 0.29) is 12.1 Å². The van der Waals surface area contributed by atoms with E-state index in [4.69, 9.17) is 0 Å². The number of hydrogen-bond donors (Lipinski definition) is 2. The third-order valence-corrected chi connectivity index (χ3v) is 4.50. The van der Waals surface area contributed by atoms with Crippen molar-refractivity contribution in [3.8, 4) is 0 Å². The number of aromatic nitrogens is 1. The highest BCUT2D eigenvalue weighted by molar-refractivity contribution is 7.88. The van der Waals surface area contributed by atoms with Crippen molar-refractivity contribution in [1.82, 2.24) is 14.6 Å². The lowest BCUT2D eigenvalue weighted by Crippen LogP contribution is -2.47. The monoisotopic (exact) mass is 298 g/mol. The molecule has 20 heavy (non-hydrogen) atoms. The maximum Gasteiger partial charge on any atom is 0.319 e. The van der Waals surface area contributed by atoms with Gasteiger partial charge in [-0.1, -0.05) is 0 Å². The minimum Gasteiger partial charge on any atom is -0.335 e. The van der Waals surface area contributed by atoms with Gasteiger partial charge in [0.1, 0.15) is 0 Å². The van der Waals surface area contributed by atoms with Crippen molar-refractivity contribution in [3.63, 3.8) is 0 Å². The van der Waals surface area contributed by atoms with Crippen LogP contribution < -0.4 is 10.6 Å². The number of carbonyl (C=O) groups is 1.